The van der Waals surface area contributed by atoms with Crippen LogP contribution in [0.2, 0.25) is 0 Å². The predicted octanol–water partition coefficient (Wildman–Crippen LogP) is 1.53. The number of aromatic nitrogens is 2. The number of fused-ring (bicyclic) bond motifs is 1. The molecule has 0 amide bonds. The lowest BCUT2D eigenvalue weighted by molar-refractivity contribution is 0.612. The molecule has 0 spiro atoms. The molecule has 3 nitrogen and oxygen atoms in total. The standard InChI is InChI=1S/C7H6N2O/c1-5-4-8-9-6-2-3-10-7(5)6/h2-4H,1H3. The van der Waals surface area contributed by atoms with Crippen molar-refractivity contribution in [1.29, 1.82) is 0 Å². The van der Waals surface area contributed by atoms with Gasteiger partial charge < -0.3 is 4.42 Å². The van der Waals surface area contributed by atoms with Crippen molar-refractivity contribution >= 4 is 11.1 Å². The molecule has 0 N–H and O–H groups in total. The van der Waals surface area contributed by atoms with E-state index >= 15 is 0 Å². The zero-order chi connectivity index (χ0) is 6.97. The quantitative estimate of drug-likeness (QED) is 0.548. The Hall–Kier alpha value is -1.38. The molecule has 2 aromatic rings. The summed E-state index contributed by atoms with van der Waals surface area (Å²) in [6.07, 6.45) is 3.30. The zero-order valence-corrected chi connectivity index (χ0v) is 5.53. The second-order valence-electron chi connectivity index (χ2n) is 2.16. The largest absolute Gasteiger partial charge is 0.462 e. The molecule has 3 heteroatoms. The maximum atomic E-state index is 5.15. The lowest BCUT2D eigenvalue weighted by Crippen LogP contribution is -1.81. The first kappa shape index (κ1) is 5.41. The van der Waals surface area contributed by atoms with Gasteiger partial charge in [-0.15, -0.1) is 5.10 Å². The second-order valence-corrected chi connectivity index (χ2v) is 2.16. The summed E-state index contributed by atoms with van der Waals surface area (Å²) in [4.78, 5) is 0. The monoisotopic (exact) mass is 134 g/mol. The summed E-state index contributed by atoms with van der Waals surface area (Å²) in [5, 5.41) is 7.63. The Kier molecular flexibility index (Phi) is 0.974. The van der Waals surface area contributed by atoms with E-state index in [1.807, 2.05) is 6.92 Å². The van der Waals surface area contributed by atoms with E-state index in [2.05, 4.69) is 10.2 Å². The zero-order valence-electron chi connectivity index (χ0n) is 5.53. The third kappa shape index (κ3) is 0.603. The summed E-state index contributed by atoms with van der Waals surface area (Å²) in [5.41, 5.74) is 2.67. The number of rotatable bonds is 0. The summed E-state index contributed by atoms with van der Waals surface area (Å²) in [5.74, 6) is 0. The van der Waals surface area contributed by atoms with Gasteiger partial charge in [-0.1, -0.05) is 0 Å². The Morgan fingerprint density at radius 2 is 2.40 bits per heavy atom. The number of hydrogen-bond acceptors (Lipinski definition) is 3. The van der Waals surface area contributed by atoms with Crippen molar-refractivity contribution in [2.75, 3.05) is 0 Å². The fraction of sp³-hybridized carbons (Fsp3) is 0.143. The molecular weight excluding hydrogens is 128 g/mol. The van der Waals surface area contributed by atoms with E-state index in [1.54, 1.807) is 18.5 Å². The molecule has 0 aliphatic rings. The molecule has 0 saturated heterocycles. The second kappa shape index (κ2) is 1.80. The number of hydrogen-bond donors (Lipinski definition) is 0. The van der Waals surface area contributed by atoms with Crippen LogP contribution in [0.1, 0.15) is 5.56 Å². The summed E-state index contributed by atoms with van der Waals surface area (Å²) < 4.78 is 5.15. The third-order valence-corrected chi connectivity index (χ3v) is 1.42. The average Bonchev–Trinajstić information content (AvgIpc) is 2.36. The molecule has 0 bridgehead atoms. The average molecular weight is 134 g/mol. The van der Waals surface area contributed by atoms with Crippen LogP contribution in [0.3, 0.4) is 0 Å². The van der Waals surface area contributed by atoms with Crippen molar-refractivity contribution in [1.82, 2.24) is 10.2 Å². The first-order chi connectivity index (χ1) is 4.88. The molecule has 10 heavy (non-hydrogen) atoms. The molecule has 2 aromatic heterocycles. The van der Waals surface area contributed by atoms with E-state index in [1.165, 1.54) is 0 Å². The normalized spacial score (nSPS) is 10.5. The maximum Gasteiger partial charge on any atom is 0.158 e. The fourth-order valence-corrected chi connectivity index (χ4v) is 0.913. The van der Waals surface area contributed by atoms with E-state index in [-0.39, 0.29) is 0 Å². The van der Waals surface area contributed by atoms with E-state index < -0.39 is 0 Å². The first-order valence-electron chi connectivity index (χ1n) is 3.03. The van der Waals surface area contributed by atoms with Gasteiger partial charge in [0.25, 0.3) is 0 Å². The van der Waals surface area contributed by atoms with Gasteiger partial charge in [-0.25, -0.2) is 0 Å². The summed E-state index contributed by atoms with van der Waals surface area (Å²) >= 11 is 0. The molecule has 0 saturated carbocycles. The van der Waals surface area contributed by atoms with Crippen molar-refractivity contribution in [2.45, 2.75) is 6.92 Å². The van der Waals surface area contributed by atoms with E-state index in [9.17, 15) is 0 Å². The minimum atomic E-state index is 0.819. The minimum absolute atomic E-state index is 0.819. The summed E-state index contributed by atoms with van der Waals surface area (Å²) in [7, 11) is 0. The summed E-state index contributed by atoms with van der Waals surface area (Å²) in [6, 6.07) is 1.80. The SMILES string of the molecule is Cc1cnnc2ccoc12. The molecule has 0 atom stereocenters. The van der Waals surface area contributed by atoms with Crippen LogP contribution in [0.4, 0.5) is 0 Å². The smallest absolute Gasteiger partial charge is 0.158 e. The van der Waals surface area contributed by atoms with E-state index in [4.69, 9.17) is 4.42 Å². The molecule has 0 unspecified atom stereocenters. The fourth-order valence-electron chi connectivity index (χ4n) is 0.913. The third-order valence-electron chi connectivity index (χ3n) is 1.42. The van der Waals surface area contributed by atoms with Crippen molar-refractivity contribution in [3.8, 4) is 0 Å². The van der Waals surface area contributed by atoms with E-state index in [0.29, 0.717) is 0 Å². The van der Waals surface area contributed by atoms with Gasteiger partial charge in [-0.3, -0.25) is 0 Å². The summed E-state index contributed by atoms with van der Waals surface area (Å²) in [6.45, 7) is 1.94. The highest BCUT2D eigenvalue weighted by Crippen LogP contribution is 2.14. The topological polar surface area (TPSA) is 38.9 Å². The molecule has 2 rings (SSSR count). The van der Waals surface area contributed by atoms with Crippen LogP contribution in [0.5, 0.6) is 0 Å². The van der Waals surface area contributed by atoms with Gasteiger partial charge in [0.1, 0.15) is 5.52 Å². The molecule has 0 aliphatic carbocycles. The minimum Gasteiger partial charge on any atom is -0.462 e. The number of nitrogens with zero attached hydrogens (tertiary/aromatic N) is 2. The Morgan fingerprint density at radius 3 is 3.20 bits per heavy atom. The number of aryl methyl sites for hydroxylation is 1. The van der Waals surface area contributed by atoms with Gasteiger partial charge in [0.15, 0.2) is 5.58 Å². The molecular formula is C7H6N2O. The van der Waals surface area contributed by atoms with Gasteiger partial charge in [-0.2, -0.15) is 5.10 Å². The highest BCUT2D eigenvalue weighted by molar-refractivity contribution is 5.74. The van der Waals surface area contributed by atoms with E-state index in [0.717, 1.165) is 16.7 Å². The lowest BCUT2D eigenvalue weighted by Gasteiger charge is -1.88. The van der Waals surface area contributed by atoms with Crippen molar-refractivity contribution in [3.05, 3.63) is 24.1 Å². The van der Waals surface area contributed by atoms with Crippen LogP contribution in [0.15, 0.2) is 22.9 Å². The van der Waals surface area contributed by atoms with Crippen LogP contribution in [0, 0.1) is 6.92 Å². The maximum absolute atomic E-state index is 5.15. The molecule has 0 aliphatic heterocycles. The van der Waals surface area contributed by atoms with Gasteiger partial charge >= 0.3 is 0 Å². The molecule has 0 radical (unpaired) electrons. The van der Waals surface area contributed by atoms with Gasteiger partial charge in [0.05, 0.1) is 12.5 Å². The first-order valence-corrected chi connectivity index (χ1v) is 3.03. The van der Waals surface area contributed by atoms with Crippen LogP contribution in [0.25, 0.3) is 11.1 Å². The lowest BCUT2D eigenvalue weighted by atomic mass is 10.3. The molecule has 50 valence electrons. The molecule has 0 aromatic carbocycles. The van der Waals surface area contributed by atoms with Gasteiger partial charge in [0, 0.05) is 11.6 Å². The Morgan fingerprint density at radius 1 is 1.50 bits per heavy atom. The van der Waals surface area contributed by atoms with Crippen molar-refractivity contribution in [3.63, 3.8) is 0 Å². The van der Waals surface area contributed by atoms with Gasteiger partial charge in [-0.05, 0) is 6.92 Å². The van der Waals surface area contributed by atoms with Crippen LogP contribution in [-0.2, 0) is 0 Å². The predicted molar refractivity (Wildman–Crippen MR) is 36.5 cm³/mol. The Labute approximate surface area is 57.7 Å². The Bertz CT molecular complexity index is 353. The van der Waals surface area contributed by atoms with Gasteiger partial charge in [0.2, 0.25) is 0 Å². The molecule has 2 heterocycles. The highest BCUT2D eigenvalue weighted by Gasteiger charge is 1.99. The number of furan rings is 1. The Balaban J connectivity index is 2.95. The van der Waals surface area contributed by atoms with Crippen LogP contribution in [-0.4, -0.2) is 10.2 Å². The molecule has 0 fully saturated rings. The van der Waals surface area contributed by atoms with Crippen molar-refractivity contribution in [2.24, 2.45) is 0 Å². The van der Waals surface area contributed by atoms with Crippen LogP contribution < -0.4 is 0 Å². The highest BCUT2D eigenvalue weighted by atomic mass is 16.3. The van der Waals surface area contributed by atoms with Crippen molar-refractivity contribution < 1.29 is 4.42 Å². The van der Waals surface area contributed by atoms with Crippen LogP contribution >= 0.6 is 0 Å².